The second kappa shape index (κ2) is 10.8. The average Bonchev–Trinajstić information content (AvgIpc) is 3.40. The quantitative estimate of drug-likeness (QED) is 0.219. The topological polar surface area (TPSA) is 119 Å². The van der Waals surface area contributed by atoms with Gasteiger partial charge in [-0.2, -0.15) is 0 Å². The summed E-state index contributed by atoms with van der Waals surface area (Å²) < 4.78 is 2.54. The standard InChI is InChI=1S/C33H34BrN7O2/c1-18-9-11-21(12-10-18)22-13-19(2)29-23(14-22)28-30(35)36-17-37-31(28)40(29)16-27(42)41-20(3)33(4,5)15-24(41)32(43)39-26-8-6-7-25(34)38-26/h6-14,17,20,24H,15-16H2,1-5H3,(H2,35,36,37)(H,38,39,43)/t20-,24+/m1/s1. The van der Waals surface area contributed by atoms with Crippen molar-refractivity contribution in [2.24, 2.45) is 5.41 Å². The molecule has 4 heterocycles. The summed E-state index contributed by atoms with van der Waals surface area (Å²) in [7, 11) is 0. The van der Waals surface area contributed by atoms with Crippen molar-refractivity contribution in [1.29, 1.82) is 0 Å². The number of hydrogen-bond donors (Lipinski definition) is 2. The van der Waals surface area contributed by atoms with E-state index in [1.807, 2.05) is 18.4 Å². The maximum absolute atomic E-state index is 14.3. The number of nitrogens with one attached hydrogen (secondary N) is 1. The lowest BCUT2D eigenvalue weighted by atomic mass is 9.84. The molecule has 1 fully saturated rings. The number of nitrogens with two attached hydrogens (primary N) is 1. The number of amides is 2. The van der Waals surface area contributed by atoms with Gasteiger partial charge in [0.25, 0.3) is 0 Å². The molecule has 1 aliphatic heterocycles. The Morgan fingerprint density at radius 2 is 1.81 bits per heavy atom. The molecular weight excluding hydrogens is 606 g/mol. The van der Waals surface area contributed by atoms with Crippen LogP contribution in [0.25, 0.3) is 33.1 Å². The number of aromatic nitrogens is 4. The SMILES string of the molecule is Cc1ccc(-c2cc(C)c3c(c2)c2c(N)ncnc2n3CC(=O)N2[C@H](C(=O)Nc3cccc(Br)n3)CC(C)(C)[C@H]2C)cc1. The fraction of sp³-hybridized carbons (Fsp3) is 0.303. The van der Waals surface area contributed by atoms with E-state index in [1.54, 1.807) is 23.1 Å². The summed E-state index contributed by atoms with van der Waals surface area (Å²) in [4.78, 5) is 42.8. The maximum Gasteiger partial charge on any atom is 0.248 e. The van der Waals surface area contributed by atoms with Gasteiger partial charge in [-0.15, -0.1) is 0 Å². The van der Waals surface area contributed by atoms with Crippen molar-refractivity contribution in [2.75, 3.05) is 11.1 Å². The molecule has 6 rings (SSSR count). The number of carbonyl (C=O) groups is 2. The zero-order valence-corrected chi connectivity index (χ0v) is 26.4. The summed E-state index contributed by atoms with van der Waals surface area (Å²) in [6.45, 7) is 10.3. The third-order valence-corrected chi connectivity index (χ3v) is 9.23. The molecule has 10 heteroatoms. The molecule has 43 heavy (non-hydrogen) atoms. The van der Waals surface area contributed by atoms with Crippen LogP contribution in [-0.2, 0) is 16.1 Å². The molecule has 2 aromatic carbocycles. The van der Waals surface area contributed by atoms with Crippen molar-refractivity contribution in [2.45, 2.75) is 59.7 Å². The van der Waals surface area contributed by atoms with Crippen molar-refractivity contribution < 1.29 is 9.59 Å². The zero-order chi connectivity index (χ0) is 30.6. The fourth-order valence-corrected chi connectivity index (χ4v) is 6.62. The molecule has 0 bridgehead atoms. The van der Waals surface area contributed by atoms with Crippen LogP contribution >= 0.6 is 15.9 Å². The summed E-state index contributed by atoms with van der Waals surface area (Å²) >= 11 is 3.35. The van der Waals surface area contributed by atoms with Crippen LogP contribution in [0.15, 0.2) is 65.5 Å². The molecule has 1 aliphatic rings. The van der Waals surface area contributed by atoms with Gasteiger partial charge >= 0.3 is 0 Å². The number of hydrogen-bond acceptors (Lipinski definition) is 6. The van der Waals surface area contributed by atoms with E-state index in [-0.39, 0.29) is 29.8 Å². The van der Waals surface area contributed by atoms with Gasteiger partial charge in [-0.05, 0) is 89.5 Å². The van der Waals surface area contributed by atoms with E-state index >= 15 is 0 Å². The molecule has 3 aromatic heterocycles. The number of anilines is 2. The number of likely N-dealkylation sites (tertiary alicyclic amines) is 1. The summed E-state index contributed by atoms with van der Waals surface area (Å²) in [5, 5.41) is 4.51. The Hall–Kier alpha value is -4.31. The first kappa shape index (κ1) is 28.8. The minimum atomic E-state index is -0.652. The van der Waals surface area contributed by atoms with Crippen LogP contribution in [0.2, 0.25) is 0 Å². The van der Waals surface area contributed by atoms with Crippen molar-refractivity contribution in [1.82, 2.24) is 24.4 Å². The van der Waals surface area contributed by atoms with Crippen LogP contribution in [0, 0.1) is 19.3 Å². The average molecular weight is 641 g/mol. The first-order valence-corrected chi connectivity index (χ1v) is 15.1. The van der Waals surface area contributed by atoms with Crippen LogP contribution in [0.5, 0.6) is 0 Å². The number of halogens is 1. The number of aryl methyl sites for hydroxylation is 2. The Balaban J connectivity index is 1.41. The number of carbonyl (C=O) groups excluding carboxylic acids is 2. The number of rotatable bonds is 5. The Morgan fingerprint density at radius 1 is 1.07 bits per heavy atom. The van der Waals surface area contributed by atoms with Gasteiger partial charge in [-0.25, -0.2) is 15.0 Å². The van der Waals surface area contributed by atoms with Gasteiger partial charge in [0.15, 0.2) is 0 Å². The zero-order valence-electron chi connectivity index (χ0n) is 24.9. The summed E-state index contributed by atoms with van der Waals surface area (Å²) in [5.74, 6) is 0.359. The Morgan fingerprint density at radius 3 is 2.53 bits per heavy atom. The molecule has 0 spiro atoms. The fourth-order valence-electron chi connectivity index (χ4n) is 6.28. The number of fused-ring (bicyclic) bond motifs is 3. The maximum atomic E-state index is 14.3. The van der Waals surface area contributed by atoms with Gasteiger partial charge in [-0.1, -0.05) is 49.7 Å². The highest BCUT2D eigenvalue weighted by Crippen LogP contribution is 2.42. The molecule has 0 unspecified atom stereocenters. The summed E-state index contributed by atoms with van der Waals surface area (Å²) in [5.41, 5.74) is 11.9. The van der Waals surface area contributed by atoms with Crippen LogP contribution in [0.3, 0.4) is 0 Å². The third-order valence-electron chi connectivity index (χ3n) is 8.79. The van der Waals surface area contributed by atoms with Crippen LogP contribution in [0.1, 0.15) is 38.3 Å². The van der Waals surface area contributed by atoms with E-state index < -0.39 is 6.04 Å². The smallest absolute Gasteiger partial charge is 0.248 e. The van der Waals surface area contributed by atoms with E-state index in [2.05, 4.69) is 93.4 Å². The molecule has 220 valence electrons. The lowest BCUT2D eigenvalue weighted by molar-refractivity contribution is -0.139. The summed E-state index contributed by atoms with van der Waals surface area (Å²) in [6, 6.07) is 17.1. The molecule has 5 aromatic rings. The number of nitrogen functional groups attached to an aromatic ring is 1. The van der Waals surface area contributed by atoms with Gasteiger partial charge in [0.05, 0.1) is 10.9 Å². The predicted molar refractivity (Wildman–Crippen MR) is 173 cm³/mol. The van der Waals surface area contributed by atoms with E-state index in [0.717, 1.165) is 27.6 Å². The Labute approximate surface area is 258 Å². The van der Waals surface area contributed by atoms with Gasteiger partial charge in [0.2, 0.25) is 11.8 Å². The molecule has 0 saturated carbocycles. The second-order valence-electron chi connectivity index (χ2n) is 12.1. The monoisotopic (exact) mass is 639 g/mol. The lowest BCUT2D eigenvalue weighted by Crippen LogP contribution is -2.48. The molecule has 2 atom stereocenters. The minimum Gasteiger partial charge on any atom is -0.383 e. The van der Waals surface area contributed by atoms with Gasteiger partial charge in [-0.3, -0.25) is 9.59 Å². The molecule has 1 saturated heterocycles. The van der Waals surface area contributed by atoms with Gasteiger partial charge < -0.3 is 20.5 Å². The van der Waals surface area contributed by atoms with Crippen LogP contribution in [0.4, 0.5) is 11.6 Å². The van der Waals surface area contributed by atoms with Crippen molar-refractivity contribution in [3.05, 3.63) is 76.7 Å². The highest BCUT2D eigenvalue weighted by molar-refractivity contribution is 9.10. The first-order valence-electron chi connectivity index (χ1n) is 14.3. The predicted octanol–water partition coefficient (Wildman–Crippen LogP) is 6.26. The van der Waals surface area contributed by atoms with E-state index in [4.69, 9.17) is 5.73 Å². The number of benzene rings is 2. The Kier molecular flexibility index (Phi) is 7.20. The molecule has 0 radical (unpaired) electrons. The number of pyridine rings is 1. The molecule has 0 aliphatic carbocycles. The van der Waals surface area contributed by atoms with E-state index in [9.17, 15) is 9.59 Å². The van der Waals surface area contributed by atoms with Crippen molar-refractivity contribution >= 4 is 61.3 Å². The number of nitrogens with zero attached hydrogens (tertiary/aromatic N) is 5. The lowest BCUT2D eigenvalue weighted by Gasteiger charge is -2.31. The van der Waals surface area contributed by atoms with E-state index in [0.29, 0.717) is 33.7 Å². The molecule has 2 amide bonds. The molecule has 9 nitrogen and oxygen atoms in total. The van der Waals surface area contributed by atoms with Crippen LogP contribution in [-0.4, -0.2) is 48.3 Å². The Bertz CT molecular complexity index is 1900. The molecular formula is C33H34BrN7O2. The first-order chi connectivity index (χ1) is 20.4. The highest BCUT2D eigenvalue weighted by Gasteiger charge is 2.49. The van der Waals surface area contributed by atoms with E-state index in [1.165, 1.54) is 11.9 Å². The largest absolute Gasteiger partial charge is 0.383 e. The third kappa shape index (κ3) is 5.14. The normalized spacial score (nSPS) is 18.0. The molecule has 3 N–H and O–H groups in total. The highest BCUT2D eigenvalue weighted by atomic mass is 79.9. The van der Waals surface area contributed by atoms with Gasteiger partial charge in [0, 0.05) is 11.4 Å². The van der Waals surface area contributed by atoms with Crippen LogP contribution < -0.4 is 11.1 Å². The van der Waals surface area contributed by atoms with Crippen molar-refractivity contribution in [3.63, 3.8) is 0 Å². The van der Waals surface area contributed by atoms with Crippen molar-refractivity contribution in [3.8, 4) is 11.1 Å². The van der Waals surface area contributed by atoms with Gasteiger partial charge in [0.1, 0.15) is 40.8 Å². The second-order valence-corrected chi connectivity index (χ2v) is 12.9. The minimum absolute atomic E-state index is 0.000503. The summed E-state index contributed by atoms with van der Waals surface area (Å²) in [6.07, 6.45) is 1.96.